The average molecular weight is 333 g/mol. The molecule has 0 aliphatic heterocycles. The molecule has 1 heterocycles. The van der Waals surface area contributed by atoms with Crippen LogP contribution in [0.25, 0.3) is 0 Å². The number of thioether (sulfide) groups is 1. The third kappa shape index (κ3) is 4.31. The van der Waals surface area contributed by atoms with Crippen molar-refractivity contribution in [3.63, 3.8) is 0 Å². The van der Waals surface area contributed by atoms with Crippen LogP contribution in [0.3, 0.4) is 0 Å². The fraction of sp³-hybridized carbons (Fsp3) is 0.308. The molecular weight excluding hydrogens is 319 g/mol. The number of hydrogen-bond acceptors (Lipinski definition) is 4. The first-order valence-corrected chi connectivity index (χ1v) is 7.66. The predicted octanol–water partition coefficient (Wildman–Crippen LogP) is 3.26. The normalized spacial score (nSPS) is 12.4. The Morgan fingerprint density at radius 1 is 1.45 bits per heavy atom. The van der Waals surface area contributed by atoms with Gasteiger partial charge in [-0.25, -0.2) is 4.98 Å². The molecule has 1 atom stereocenters. The van der Waals surface area contributed by atoms with Gasteiger partial charge in [-0.2, -0.15) is 0 Å². The molecule has 1 aromatic carbocycles. The van der Waals surface area contributed by atoms with E-state index in [4.69, 9.17) is 27.9 Å². The molecule has 7 heteroatoms. The van der Waals surface area contributed by atoms with Crippen molar-refractivity contribution in [2.24, 2.45) is 7.05 Å². The summed E-state index contributed by atoms with van der Waals surface area (Å²) in [4.78, 5) is 4.17. The smallest absolute Gasteiger partial charge is 0.167 e. The number of halogens is 2. The number of aromatic nitrogens is 2. The van der Waals surface area contributed by atoms with Crippen LogP contribution >= 0.6 is 35.0 Å². The summed E-state index contributed by atoms with van der Waals surface area (Å²) in [5.41, 5.74) is 0. The lowest BCUT2D eigenvalue weighted by Gasteiger charge is -2.13. The van der Waals surface area contributed by atoms with Crippen molar-refractivity contribution in [3.8, 4) is 5.75 Å². The zero-order valence-electron chi connectivity index (χ0n) is 10.8. The molecule has 0 saturated heterocycles. The van der Waals surface area contributed by atoms with Crippen LogP contribution in [0.5, 0.6) is 5.75 Å². The Morgan fingerprint density at radius 2 is 2.25 bits per heavy atom. The number of aliphatic hydroxyl groups is 1. The van der Waals surface area contributed by atoms with E-state index in [9.17, 15) is 5.11 Å². The molecule has 2 aromatic rings. The average Bonchev–Trinajstić information content (AvgIpc) is 2.81. The van der Waals surface area contributed by atoms with Crippen LogP contribution in [-0.2, 0) is 7.05 Å². The summed E-state index contributed by atoms with van der Waals surface area (Å²) in [5, 5.41) is 11.7. The van der Waals surface area contributed by atoms with Crippen LogP contribution in [-0.4, -0.2) is 33.1 Å². The molecule has 0 fully saturated rings. The molecule has 4 nitrogen and oxygen atoms in total. The molecule has 0 amide bonds. The second-order valence-corrected chi connectivity index (χ2v) is 6.00. The molecule has 0 aliphatic rings. The first-order valence-electron chi connectivity index (χ1n) is 5.92. The Kier molecular flexibility index (Phi) is 5.60. The fourth-order valence-corrected chi connectivity index (χ4v) is 2.79. The van der Waals surface area contributed by atoms with Crippen LogP contribution in [0.15, 0.2) is 35.7 Å². The van der Waals surface area contributed by atoms with Gasteiger partial charge in [0.1, 0.15) is 12.4 Å². The van der Waals surface area contributed by atoms with Crippen LogP contribution in [0, 0.1) is 0 Å². The lowest BCUT2D eigenvalue weighted by atomic mass is 10.3. The Labute approximate surface area is 131 Å². The van der Waals surface area contributed by atoms with Gasteiger partial charge in [-0.15, -0.1) is 0 Å². The maximum atomic E-state index is 9.89. The number of hydrogen-bond donors (Lipinski definition) is 1. The third-order valence-electron chi connectivity index (χ3n) is 2.51. The highest BCUT2D eigenvalue weighted by Crippen LogP contribution is 2.27. The Bertz CT molecular complexity index is 577. The van der Waals surface area contributed by atoms with Gasteiger partial charge in [0.25, 0.3) is 0 Å². The fourth-order valence-electron chi connectivity index (χ4n) is 1.49. The molecule has 0 radical (unpaired) electrons. The van der Waals surface area contributed by atoms with Crippen molar-refractivity contribution in [2.45, 2.75) is 11.3 Å². The van der Waals surface area contributed by atoms with Crippen molar-refractivity contribution >= 4 is 35.0 Å². The Hall–Kier alpha value is -0.880. The van der Waals surface area contributed by atoms with Crippen molar-refractivity contribution in [3.05, 3.63) is 40.6 Å². The van der Waals surface area contributed by atoms with E-state index < -0.39 is 6.10 Å². The van der Waals surface area contributed by atoms with E-state index in [1.165, 1.54) is 11.8 Å². The van der Waals surface area contributed by atoms with Crippen molar-refractivity contribution in [2.75, 3.05) is 12.4 Å². The molecule has 108 valence electrons. The predicted molar refractivity (Wildman–Crippen MR) is 81.9 cm³/mol. The van der Waals surface area contributed by atoms with E-state index in [2.05, 4.69) is 4.98 Å². The van der Waals surface area contributed by atoms with Gasteiger partial charge in [0, 0.05) is 30.2 Å². The van der Waals surface area contributed by atoms with Gasteiger partial charge in [0.2, 0.25) is 0 Å². The quantitative estimate of drug-likeness (QED) is 0.825. The minimum Gasteiger partial charge on any atom is -0.489 e. The molecule has 0 saturated carbocycles. The number of benzene rings is 1. The summed E-state index contributed by atoms with van der Waals surface area (Å²) >= 11 is 13.3. The third-order valence-corrected chi connectivity index (χ3v) is 4.24. The minimum atomic E-state index is -0.608. The van der Waals surface area contributed by atoms with E-state index in [1.807, 2.05) is 17.8 Å². The van der Waals surface area contributed by atoms with Crippen LogP contribution < -0.4 is 4.74 Å². The van der Waals surface area contributed by atoms with Gasteiger partial charge in [-0.1, -0.05) is 35.0 Å². The number of ether oxygens (including phenoxy) is 1. The van der Waals surface area contributed by atoms with E-state index in [-0.39, 0.29) is 6.61 Å². The number of rotatable bonds is 6. The highest BCUT2D eigenvalue weighted by atomic mass is 35.5. The SMILES string of the molecule is Cn1ccnc1SCC(O)COc1ccc(Cl)cc1Cl. The summed E-state index contributed by atoms with van der Waals surface area (Å²) in [5.74, 6) is 1.01. The number of aliphatic hydroxyl groups excluding tert-OH is 1. The topological polar surface area (TPSA) is 47.3 Å². The van der Waals surface area contributed by atoms with Crippen LogP contribution in [0.4, 0.5) is 0 Å². The zero-order valence-corrected chi connectivity index (χ0v) is 13.1. The highest BCUT2D eigenvalue weighted by molar-refractivity contribution is 7.99. The minimum absolute atomic E-state index is 0.165. The van der Waals surface area contributed by atoms with E-state index in [0.29, 0.717) is 21.5 Å². The number of aryl methyl sites for hydroxylation is 1. The molecular formula is C13H14Cl2N2O2S. The monoisotopic (exact) mass is 332 g/mol. The maximum Gasteiger partial charge on any atom is 0.167 e. The van der Waals surface area contributed by atoms with Crippen LogP contribution in [0.1, 0.15) is 0 Å². The summed E-state index contributed by atoms with van der Waals surface area (Å²) in [6, 6.07) is 4.98. The first-order chi connectivity index (χ1) is 9.56. The summed E-state index contributed by atoms with van der Waals surface area (Å²) in [7, 11) is 1.91. The molecule has 1 unspecified atom stereocenters. The largest absolute Gasteiger partial charge is 0.489 e. The standard InChI is InChI=1S/C13H14Cl2N2O2S/c1-17-5-4-16-13(17)20-8-10(18)7-19-12-3-2-9(14)6-11(12)15/h2-6,10,18H,7-8H2,1H3. The highest BCUT2D eigenvalue weighted by Gasteiger charge is 2.10. The number of nitrogens with zero attached hydrogens (tertiary/aromatic N) is 2. The van der Waals surface area contributed by atoms with Crippen molar-refractivity contribution < 1.29 is 9.84 Å². The summed E-state index contributed by atoms with van der Waals surface area (Å²) in [6.45, 7) is 0.165. The van der Waals surface area contributed by atoms with Gasteiger partial charge in [0.15, 0.2) is 5.16 Å². The molecule has 0 spiro atoms. The van der Waals surface area contributed by atoms with E-state index in [1.54, 1.807) is 24.4 Å². The Balaban J connectivity index is 1.80. The molecule has 0 aliphatic carbocycles. The second-order valence-electron chi connectivity index (χ2n) is 4.17. The molecule has 1 aromatic heterocycles. The van der Waals surface area contributed by atoms with Gasteiger partial charge in [-0.05, 0) is 18.2 Å². The second kappa shape index (κ2) is 7.22. The molecule has 2 rings (SSSR count). The number of imidazole rings is 1. The van der Waals surface area contributed by atoms with Gasteiger partial charge >= 0.3 is 0 Å². The lowest BCUT2D eigenvalue weighted by molar-refractivity contribution is 0.126. The van der Waals surface area contributed by atoms with Crippen molar-refractivity contribution in [1.82, 2.24) is 9.55 Å². The van der Waals surface area contributed by atoms with Crippen LogP contribution in [0.2, 0.25) is 10.0 Å². The Morgan fingerprint density at radius 3 is 2.90 bits per heavy atom. The molecule has 20 heavy (non-hydrogen) atoms. The van der Waals surface area contributed by atoms with Gasteiger partial charge in [0.05, 0.1) is 11.1 Å². The molecule has 1 N–H and O–H groups in total. The van der Waals surface area contributed by atoms with Gasteiger partial charge in [-0.3, -0.25) is 0 Å². The van der Waals surface area contributed by atoms with E-state index in [0.717, 1.165) is 5.16 Å². The summed E-state index contributed by atoms with van der Waals surface area (Å²) < 4.78 is 7.37. The van der Waals surface area contributed by atoms with Gasteiger partial charge < -0.3 is 14.4 Å². The van der Waals surface area contributed by atoms with E-state index >= 15 is 0 Å². The maximum absolute atomic E-state index is 9.89. The zero-order chi connectivity index (χ0) is 14.5. The summed E-state index contributed by atoms with van der Waals surface area (Å²) in [6.07, 6.45) is 2.97. The molecule has 0 bridgehead atoms. The van der Waals surface area contributed by atoms with Crippen molar-refractivity contribution in [1.29, 1.82) is 0 Å². The first kappa shape index (κ1) is 15.5. The lowest BCUT2D eigenvalue weighted by Crippen LogP contribution is -2.20.